The lowest BCUT2D eigenvalue weighted by molar-refractivity contribution is -0.121. The molecule has 2 aliphatic heterocycles. The summed E-state index contributed by atoms with van der Waals surface area (Å²) in [5.41, 5.74) is 9.19. The zero-order chi connectivity index (χ0) is 21.6. The molecular weight excluding hydrogens is 378 g/mol. The van der Waals surface area contributed by atoms with Crippen LogP contribution in [-0.2, 0) is 4.79 Å². The highest BCUT2D eigenvalue weighted by Gasteiger charge is 2.50. The first-order valence-electron chi connectivity index (χ1n) is 10.6. The van der Waals surface area contributed by atoms with Crippen molar-refractivity contribution in [1.29, 1.82) is 5.26 Å². The lowest BCUT2D eigenvalue weighted by Crippen LogP contribution is -2.59. The molecule has 1 aliphatic carbocycles. The monoisotopic (exact) mass is 407 g/mol. The van der Waals surface area contributed by atoms with Crippen LogP contribution in [0.25, 0.3) is 5.57 Å². The number of amides is 3. The second-order valence-corrected chi connectivity index (χ2v) is 9.53. The Labute approximate surface area is 177 Å². The summed E-state index contributed by atoms with van der Waals surface area (Å²) in [4.78, 5) is 29.5. The summed E-state index contributed by atoms with van der Waals surface area (Å²) in [5.74, 6) is -0.455. The summed E-state index contributed by atoms with van der Waals surface area (Å²) >= 11 is 0. The number of rotatable bonds is 3. The molecule has 0 spiro atoms. The predicted octanol–water partition coefficient (Wildman–Crippen LogP) is 2.29. The number of nitriles is 1. The van der Waals surface area contributed by atoms with E-state index in [4.69, 9.17) is 5.73 Å². The Kier molecular flexibility index (Phi) is 4.97. The highest BCUT2D eigenvalue weighted by molar-refractivity contribution is 5.95. The highest BCUT2D eigenvalue weighted by Crippen LogP contribution is 2.51. The number of primary amides is 1. The summed E-state index contributed by atoms with van der Waals surface area (Å²) in [6.07, 6.45) is 2.19. The third kappa shape index (κ3) is 3.74. The van der Waals surface area contributed by atoms with Gasteiger partial charge in [-0.2, -0.15) is 5.26 Å². The van der Waals surface area contributed by atoms with Gasteiger partial charge in [0.15, 0.2) is 0 Å². The van der Waals surface area contributed by atoms with Gasteiger partial charge in [-0.3, -0.25) is 4.79 Å². The van der Waals surface area contributed by atoms with Gasteiger partial charge in [-0.1, -0.05) is 12.1 Å². The van der Waals surface area contributed by atoms with E-state index < -0.39 is 5.92 Å². The van der Waals surface area contributed by atoms with E-state index in [1.54, 1.807) is 11.0 Å². The number of hydrogen-bond donors (Lipinski definition) is 2. The van der Waals surface area contributed by atoms with Crippen molar-refractivity contribution in [2.75, 3.05) is 19.6 Å². The Morgan fingerprint density at radius 1 is 1.23 bits per heavy atom. The number of nitrogens with two attached hydrogens (primary N) is 1. The fourth-order valence-electron chi connectivity index (χ4n) is 4.71. The van der Waals surface area contributed by atoms with Crippen molar-refractivity contribution in [2.24, 2.45) is 17.6 Å². The molecule has 0 radical (unpaired) electrons. The minimum Gasteiger partial charge on any atom is -0.369 e. The van der Waals surface area contributed by atoms with Crippen LogP contribution >= 0.6 is 0 Å². The maximum Gasteiger partial charge on any atom is 0.317 e. The molecule has 30 heavy (non-hydrogen) atoms. The summed E-state index contributed by atoms with van der Waals surface area (Å²) < 4.78 is 0. The van der Waals surface area contributed by atoms with E-state index in [-0.39, 0.29) is 23.5 Å². The van der Waals surface area contributed by atoms with E-state index in [1.165, 1.54) is 5.70 Å². The van der Waals surface area contributed by atoms with Crippen LogP contribution in [0.2, 0.25) is 0 Å². The minimum atomic E-state index is -0.500. The molecule has 2 heterocycles. The zero-order valence-corrected chi connectivity index (χ0v) is 17.8. The summed E-state index contributed by atoms with van der Waals surface area (Å²) in [7, 11) is 0. The first-order chi connectivity index (χ1) is 14.2. The fourth-order valence-corrected chi connectivity index (χ4v) is 4.71. The quantitative estimate of drug-likeness (QED) is 0.802. The second-order valence-electron chi connectivity index (χ2n) is 9.53. The van der Waals surface area contributed by atoms with Gasteiger partial charge in [0, 0.05) is 30.9 Å². The Hall–Kier alpha value is -3.01. The third-order valence-electron chi connectivity index (χ3n) is 6.04. The Balaban J connectivity index is 1.70. The average Bonchev–Trinajstić information content (AvgIpc) is 3.46. The van der Waals surface area contributed by atoms with Gasteiger partial charge in [0.05, 0.1) is 23.6 Å². The number of nitrogens with one attached hydrogen (secondary N) is 1. The number of nitrogens with zero attached hydrogens (tertiary/aromatic N) is 3. The smallest absolute Gasteiger partial charge is 0.317 e. The molecular formula is C23H29N5O2. The van der Waals surface area contributed by atoms with E-state index in [9.17, 15) is 14.9 Å². The van der Waals surface area contributed by atoms with Crippen LogP contribution in [0.1, 0.15) is 44.7 Å². The van der Waals surface area contributed by atoms with E-state index in [1.807, 2.05) is 39.0 Å². The fraction of sp³-hybridized carbons (Fsp3) is 0.522. The zero-order valence-electron chi connectivity index (χ0n) is 17.8. The van der Waals surface area contributed by atoms with Gasteiger partial charge < -0.3 is 20.9 Å². The lowest BCUT2D eigenvalue weighted by atomic mass is 9.87. The predicted molar refractivity (Wildman–Crippen MR) is 114 cm³/mol. The largest absolute Gasteiger partial charge is 0.369 e. The molecule has 1 saturated heterocycles. The van der Waals surface area contributed by atoms with Gasteiger partial charge >= 0.3 is 6.03 Å². The molecule has 1 saturated carbocycles. The molecule has 2 fully saturated rings. The van der Waals surface area contributed by atoms with Crippen LogP contribution in [-0.4, -0.2) is 53.0 Å². The van der Waals surface area contributed by atoms with E-state index in [0.717, 1.165) is 24.0 Å². The van der Waals surface area contributed by atoms with Crippen molar-refractivity contribution < 1.29 is 9.59 Å². The van der Waals surface area contributed by atoms with Gasteiger partial charge in [0.25, 0.3) is 0 Å². The standard InChI is InChI=1S/C23H29N5O2/c1-23(2,3)26-22(30)27-9-10-28-17(13-27)19(21(25)29)18(20(28)15-7-8-15)16-6-4-5-14(11-16)12-24/h4-6,11,15,17,19H,7-10,13H2,1-3H3,(H2,25,29)(H,26,30). The molecule has 0 bridgehead atoms. The number of carbonyl (C=O) groups excluding carboxylic acids is 2. The second kappa shape index (κ2) is 7.35. The molecule has 1 aromatic carbocycles. The topological polar surface area (TPSA) is 102 Å². The van der Waals surface area contributed by atoms with Crippen molar-refractivity contribution in [3.63, 3.8) is 0 Å². The van der Waals surface area contributed by atoms with E-state index in [2.05, 4.69) is 16.3 Å². The van der Waals surface area contributed by atoms with Crippen LogP contribution < -0.4 is 11.1 Å². The molecule has 7 heteroatoms. The minimum absolute atomic E-state index is 0.113. The SMILES string of the molecule is CC(C)(C)NC(=O)N1CCN2C(C3CC3)=C(c3cccc(C#N)c3)C(C(N)=O)C2C1. The first kappa shape index (κ1) is 20.3. The van der Waals surface area contributed by atoms with Crippen molar-refractivity contribution in [1.82, 2.24) is 15.1 Å². The van der Waals surface area contributed by atoms with Crippen molar-refractivity contribution in [2.45, 2.75) is 45.2 Å². The number of carbonyl (C=O) groups is 2. The molecule has 3 amide bonds. The molecule has 1 aromatic rings. The molecule has 2 unspecified atom stereocenters. The summed E-state index contributed by atoms with van der Waals surface area (Å²) in [6.45, 7) is 7.60. The summed E-state index contributed by atoms with van der Waals surface area (Å²) in [6, 6.07) is 9.32. The molecule has 0 aromatic heterocycles. The van der Waals surface area contributed by atoms with Crippen LogP contribution in [0.5, 0.6) is 0 Å². The number of allylic oxidation sites excluding steroid dienone is 1. The molecule has 4 rings (SSSR count). The van der Waals surface area contributed by atoms with Crippen molar-refractivity contribution >= 4 is 17.5 Å². The summed E-state index contributed by atoms with van der Waals surface area (Å²) in [5, 5.41) is 12.4. The Morgan fingerprint density at radius 3 is 2.57 bits per heavy atom. The molecule has 7 nitrogen and oxygen atoms in total. The third-order valence-corrected chi connectivity index (χ3v) is 6.04. The number of piperazine rings is 1. The van der Waals surface area contributed by atoms with Gasteiger partial charge in [0.1, 0.15) is 0 Å². The van der Waals surface area contributed by atoms with Crippen molar-refractivity contribution in [3.05, 3.63) is 41.1 Å². The van der Waals surface area contributed by atoms with Crippen LogP contribution in [0.3, 0.4) is 0 Å². The maximum atomic E-state index is 12.8. The number of urea groups is 1. The van der Waals surface area contributed by atoms with Gasteiger partial charge in [-0.25, -0.2) is 4.79 Å². The molecule has 158 valence electrons. The van der Waals surface area contributed by atoms with Gasteiger partial charge in [0.2, 0.25) is 5.91 Å². The van der Waals surface area contributed by atoms with E-state index in [0.29, 0.717) is 31.1 Å². The normalized spacial score (nSPS) is 23.8. The Bertz CT molecular complexity index is 951. The number of benzene rings is 1. The van der Waals surface area contributed by atoms with Gasteiger partial charge in [-0.05, 0) is 62.8 Å². The maximum absolute atomic E-state index is 12.8. The molecule has 3 aliphatic rings. The van der Waals surface area contributed by atoms with Gasteiger partial charge in [-0.15, -0.1) is 0 Å². The average molecular weight is 408 g/mol. The molecule has 2 atom stereocenters. The number of hydrogen-bond acceptors (Lipinski definition) is 4. The van der Waals surface area contributed by atoms with Crippen molar-refractivity contribution in [3.8, 4) is 6.07 Å². The van der Waals surface area contributed by atoms with Crippen LogP contribution in [0.15, 0.2) is 30.0 Å². The van der Waals surface area contributed by atoms with E-state index >= 15 is 0 Å². The molecule has 3 N–H and O–H groups in total. The highest BCUT2D eigenvalue weighted by atomic mass is 16.2. The van der Waals surface area contributed by atoms with Crippen LogP contribution in [0.4, 0.5) is 4.79 Å². The number of fused-ring (bicyclic) bond motifs is 1. The lowest BCUT2D eigenvalue weighted by Gasteiger charge is -2.42. The first-order valence-corrected chi connectivity index (χ1v) is 10.6. The van der Waals surface area contributed by atoms with Crippen LogP contribution in [0, 0.1) is 23.2 Å². The Morgan fingerprint density at radius 2 is 1.97 bits per heavy atom.